The third kappa shape index (κ3) is 3.20. The van der Waals surface area contributed by atoms with Gasteiger partial charge in [0.15, 0.2) is 0 Å². The number of carbonyl (C=O) groups excluding carboxylic acids is 1. The van der Waals surface area contributed by atoms with Gasteiger partial charge in [0, 0.05) is 19.8 Å². The minimum absolute atomic E-state index is 0.0395. The second-order valence-corrected chi connectivity index (χ2v) is 6.91. The van der Waals surface area contributed by atoms with Gasteiger partial charge in [0.1, 0.15) is 16.8 Å². The van der Waals surface area contributed by atoms with Gasteiger partial charge in [0.05, 0.1) is 10.9 Å². The smallest absolute Gasteiger partial charge is 0.267 e. The average Bonchev–Trinajstić information content (AvgIpc) is 2.74. The molecule has 2 N–H and O–H groups in total. The number of pyridine rings is 2. The van der Waals surface area contributed by atoms with Crippen LogP contribution in [-0.2, 0) is 13.0 Å². The van der Waals surface area contributed by atoms with E-state index in [9.17, 15) is 9.59 Å². The maximum Gasteiger partial charge on any atom is 0.267 e. The molecule has 0 aliphatic carbocycles. The van der Waals surface area contributed by atoms with Gasteiger partial charge in [-0.3, -0.25) is 19.4 Å². The van der Waals surface area contributed by atoms with Crippen molar-refractivity contribution in [2.45, 2.75) is 19.9 Å². The number of nitrogens with zero attached hydrogens (tertiary/aromatic N) is 3. The van der Waals surface area contributed by atoms with Crippen molar-refractivity contribution >= 4 is 22.6 Å². The van der Waals surface area contributed by atoms with Gasteiger partial charge in [0.2, 0.25) is 0 Å². The van der Waals surface area contributed by atoms with Gasteiger partial charge in [-0.1, -0.05) is 36.4 Å². The summed E-state index contributed by atoms with van der Waals surface area (Å²) in [5, 5.41) is 11.5. The molecule has 4 aromatic rings. The van der Waals surface area contributed by atoms with Crippen molar-refractivity contribution in [3.63, 3.8) is 0 Å². The number of benzene rings is 1. The van der Waals surface area contributed by atoms with Gasteiger partial charge >= 0.3 is 0 Å². The zero-order valence-electron chi connectivity index (χ0n) is 16.3. The zero-order valence-corrected chi connectivity index (χ0v) is 16.3. The summed E-state index contributed by atoms with van der Waals surface area (Å²) in [5.74, 6) is -0.404. The number of hydrogen-bond acceptors (Lipinski definition) is 4. The molecular formula is C22H21N5O2. The first kappa shape index (κ1) is 18.6. The quantitative estimate of drug-likeness (QED) is 0.525. The Labute approximate surface area is 166 Å². The average molecular weight is 387 g/mol. The van der Waals surface area contributed by atoms with E-state index in [-0.39, 0.29) is 16.6 Å². The lowest BCUT2D eigenvalue weighted by atomic mass is 10.1. The molecule has 3 heterocycles. The van der Waals surface area contributed by atoms with Crippen LogP contribution in [0.15, 0.2) is 59.5 Å². The van der Waals surface area contributed by atoms with Crippen LogP contribution in [0.3, 0.4) is 0 Å². The predicted octanol–water partition coefficient (Wildman–Crippen LogP) is 2.04. The van der Waals surface area contributed by atoms with Gasteiger partial charge < -0.3 is 9.88 Å². The van der Waals surface area contributed by atoms with E-state index in [1.807, 2.05) is 43.3 Å². The Hall–Kier alpha value is -3.74. The van der Waals surface area contributed by atoms with E-state index in [0.717, 1.165) is 11.1 Å². The van der Waals surface area contributed by atoms with E-state index in [1.54, 1.807) is 16.8 Å². The van der Waals surface area contributed by atoms with Crippen LogP contribution in [0.5, 0.6) is 0 Å². The Morgan fingerprint density at radius 1 is 1.14 bits per heavy atom. The Bertz CT molecular complexity index is 1350. The summed E-state index contributed by atoms with van der Waals surface area (Å²) < 4.78 is 3.14. The second-order valence-electron chi connectivity index (χ2n) is 6.91. The molecule has 29 heavy (non-hydrogen) atoms. The Balaban J connectivity index is 2.02. The van der Waals surface area contributed by atoms with Gasteiger partial charge in [-0.2, -0.15) is 0 Å². The first-order chi connectivity index (χ1) is 14.0. The molecule has 0 saturated heterocycles. The highest BCUT2D eigenvalue weighted by molar-refractivity contribution is 5.96. The highest BCUT2D eigenvalue weighted by Gasteiger charge is 2.17. The number of hydrogen-bond donors (Lipinski definition) is 2. The molecule has 0 atom stereocenters. The molecule has 0 spiro atoms. The number of rotatable bonds is 4. The summed E-state index contributed by atoms with van der Waals surface area (Å²) >= 11 is 0. The normalized spacial score (nSPS) is 11.1. The molecule has 0 aliphatic rings. The first-order valence-electron chi connectivity index (χ1n) is 9.37. The summed E-state index contributed by atoms with van der Waals surface area (Å²) in [7, 11) is 1.51. The fourth-order valence-corrected chi connectivity index (χ4v) is 3.51. The summed E-state index contributed by atoms with van der Waals surface area (Å²) in [4.78, 5) is 30.2. The van der Waals surface area contributed by atoms with Gasteiger partial charge in [-0.25, -0.2) is 4.98 Å². The first-order valence-corrected chi connectivity index (χ1v) is 9.37. The van der Waals surface area contributed by atoms with Crippen LogP contribution < -0.4 is 16.4 Å². The van der Waals surface area contributed by atoms with Gasteiger partial charge in [-0.05, 0) is 36.6 Å². The van der Waals surface area contributed by atoms with E-state index in [4.69, 9.17) is 10.4 Å². The Kier molecular flexibility index (Phi) is 4.72. The molecule has 0 aliphatic heterocycles. The monoisotopic (exact) mass is 387 g/mol. The SMILES string of the molecule is CNC(=O)c1cc2c(=O)n3cccc(C)c3nc2n(CCc2ccccc2)c1=N. The maximum atomic E-state index is 13.2. The molecule has 146 valence electrons. The molecule has 3 aromatic heterocycles. The van der Waals surface area contributed by atoms with Crippen molar-refractivity contribution < 1.29 is 4.79 Å². The lowest BCUT2D eigenvalue weighted by molar-refractivity contribution is 0.0960. The largest absolute Gasteiger partial charge is 0.355 e. The van der Waals surface area contributed by atoms with E-state index in [2.05, 4.69) is 5.32 Å². The minimum Gasteiger partial charge on any atom is -0.355 e. The number of aromatic nitrogens is 3. The maximum absolute atomic E-state index is 13.2. The van der Waals surface area contributed by atoms with E-state index in [0.29, 0.717) is 29.6 Å². The molecule has 0 unspecified atom stereocenters. The number of nitrogens with one attached hydrogen (secondary N) is 2. The fraction of sp³-hybridized carbons (Fsp3) is 0.182. The molecule has 1 aromatic carbocycles. The number of carbonyl (C=O) groups is 1. The molecule has 4 rings (SSSR count). The van der Waals surface area contributed by atoms with Crippen LogP contribution in [0.1, 0.15) is 21.5 Å². The van der Waals surface area contributed by atoms with Crippen molar-refractivity contribution in [3.05, 3.63) is 87.3 Å². The lowest BCUT2D eigenvalue weighted by Gasteiger charge is -2.15. The standard InChI is InChI=1S/C22H21N5O2/c1-14-7-6-11-27-19(14)25-20-17(22(27)29)13-16(21(28)24-2)18(23)26(20)12-10-15-8-4-3-5-9-15/h3-9,11,13,23H,10,12H2,1-2H3,(H,24,28). The third-order valence-electron chi connectivity index (χ3n) is 5.07. The molecule has 0 saturated carbocycles. The highest BCUT2D eigenvalue weighted by atomic mass is 16.1. The zero-order chi connectivity index (χ0) is 20.5. The van der Waals surface area contributed by atoms with E-state index >= 15 is 0 Å². The molecule has 0 radical (unpaired) electrons. The van der Waals surface area contributed by atoms with Crippen molar-refractivity contribution in [2.75, 3.05) is 7.05 Å². The minimum atomic E-state index is -0.404. The fourth-order valence-electron chi connectivity index (χ4n) is 3.51. The summed E-state index contributed by atoms with van der Waals surface area (Å²) in [5.41, 5.74) is 2.86. The van der Waals surface area contributed by atoms with E-state index < -0.39 is 5.91 Å². The van der Waals surface area contributed by atoms with Crippen LogP contribution in [0.4, 0.5) is 0 Å². The van der Waals surface area contributed by atoms with Crippen LogP contribution in [0.2, 0.25) is 0 Å². The summed E-state index contributed by atoms with van der Waals surface area (Å²) in [6.07, 6.45) is 2.32. The topological polar surface area (TPSA) is 92.2 Å². The van der Waals surface area contributed by atoms with Crippen molar-refractivity contribution in [1.82, 2.24) is 19.3 Å². The molecule has 7 nitrogen and oxygen atoms in total. The summed E-state index contributed by atoms with van der Waals surface area (Å²) in [6, 6.07) is 15.0. The van der Waals surface area contributed by atoms with Gasteiger partial charge in [-0.15, -0.1) is 0 Å². The molecule has 0 bridgehead atoms. The summed E-state index contributed by atoms with van der Waals surface area (Å²) in [6.45, 7) is 2.32. The van der Waals surface area contributed by atoms with Crippen LogP contribution in [-0.4, -0.2) is 26.9 Å². The second kappa shape index (κ2) is 7.35. The Morgan fingerprint density at radius 3 is 2.62 bits per heavy atom. The van der Waals surface area contributed by atoms with Crippen LogP contribution in [0.25, 0.3) is 16.7 Å². The lowest BCUT2D eigenvalue weighted by Crippen LogP contribution is -2.34. The van der Waals surface area contributed by atoms with Crippen molar-refractivity contribution in [1.29, 1.82) is 5.41 Å². The number of amides is 1. The van der Waals surface area contributed by atoms with Crippen molar-refractivity contribution in [2.24, 2.45) is 0 Å². The van der Waals surface area contributed by atoms with Gasteiger partial charge in [0.25, 0.3) is 11.5 Å². The third-order valence-corrected chi connectivity index (χ3v) is 5.07. The number of fused-ring (bicyclic) bond motifs is 2. The highest BCUT2D eigenvalue weighted by Crippen LogP contribution is 2.13. The molecular weight excluding hydrogens is 366 g/mol. The van der Waals surface area contributed by atoms with Crippen LogP contribution in [0, 0.1) is 12.3 Å². The predicted molar refractivity (Wildman–Crippen MR) is 111 cm³/mol. The number of aryl methyl sites for hydroxylation is 3. The molecule has 7 heteroatoms. The molecule has 1 amide bonds. The van der Waals surface area contributed by atoms with Crippen LogP contribution >= 0.6 is 0 Å². The molecule has 0 fully saturated rings. The van der Waals surface area contributed by atoms with Crippen molar-refractivity contribution in [3.8, 4) is 0 Å². The van der Waals surface area contributed by atoms with E-state index in [1.165, 1.54) is 17.5 Å². The Morgan fingerprint density at radius 2 is 1.90 bits per heavy atom.